The highest BCUT2D eigenvalue weighted by Gasteiger charge is 2.25. The van der Waals surface area contributed by atoms with Crippen LogP contribution in [0.15, 0.2) is 12.7 Å². The standard InChI is InChI=1S/C11H20N2O/c1-2-5-13-6-7-14-9-11(13)8-12-10-3-4-10/h2,10-12H,1,3-9H2. The summed E-state index contributed by atoms with van der Waals surface area (Å²) in [6.45, 7) is 8.63. The van der Waals surface area contributed by atoms with Crippen LogP contribution in [-0.2, 0) is 4.74 Å². The Bertz CT molecular complexity index is 192. The highest BCUT2D eigenvalue weighted by Crippen LogP contribution is 2.19. The molecule has 3 nitrogen and oxygen atoms in total. The zero-order valence-electron chi connectivity index (χ0n) is 8.74. The summed E-state index contributed by atoms with van der Waals surface area (Å²) in [5.74, 6) is 0. The molecule has 0 bridgehead atoms. The maximum absolute atomic E-state index is 5.50. The van der Waals surface area contributed by atoms with E-state index in [1.54, 1.807) is 0 Å². The van der Waals surface area contributed by atoms with Gasteiger partial charge in [0.05, 0.1) is 13.2 Å². The Morgan fingerprint density at radius 3 is 3.07 bits per heavy atom. The summed E-state index contributed by atoms with van der Waals surface area (Å²) in [6, 6.07) is 1.34. The van der Waals surface area contributed by atoms with E-state index in [4.69, 9.17) is 4.74 Å². The first-order valence-corrected chi connectivity index (χ1v) is 5.56. The van der Waals surface area contributed by atoms with Crippen LogP contribution in [0.25, 0.3) is 0 Å². The van der Waals surface area contributed by atoms with Gasteiger partial charge in [0.25, 0.3) is 0 Å². The number of nitrogens with zero attached hydrogens (tertiary/aromatic N) is 1. The first-order valence-electron chi connectivity index (χ1n) is 5.56. The fourth-order valence-electron chi connectivity index (χ4n) is 1.87. The molecule has 1 heterocycles. The lowest BCUT2D eigenvalue weighted by Crippen LogP contribution is -2.50. The lowest BCUT2D eigenvalue weighted by atomic mass is 10.2. The van der Waals surface area contributed by atoms with Crippen molar-refractivity contribution in [2.45, 2.75) is 24.9 Å². The van der Waals surface area contributed by atoms with Gasteiger partial charge in [0.15, 0.2) is 0 Å². The number of ether oxygens (including phenoxy) is 1. The molecule has 0 aromatic heterocycles. The average Bonchev–Trinajstić information content (AvgIpc) is 3.01. The maximum atomic E-state index is 5.50. The minimum Gasteiger partial charge on any atom is -0.378 e. The molecule has 3 heteroatoms. The zero-order valence-corrected chi connectivity index (χ0v) is 8.74. The molecule has 2 fully saturated rings. The monoisotopic (exact) mass is 196 g/mol. The van der Waals surface area contributed by atoms with Crippen molar-refractivity contribution < 1.29 is 4.74 Å². The van der Waals surface area contributed by atoms with E-state index in [1.807, 2.05) is 6.08 Å². The first kappa shape index (κ1) is 10.1. The number of rotatable bonds is 5. The summed E-state index contributed by atoms with van der Waals surface area (Å²) >= 11 is 0. The van der Waals surface area contributed by atoms with Crippen LogP contribution in [-0.4, -0.2) is 49.8 Å². The summed E-state index contributed by atoms with van der Waals surface area (Å²) < 4.78 is 5.50. The molecule has 1 saturated carbocycles. The van der Waals surface area contributed by atoms with Crippen molar-refractivity contribution >= 4 is 0 Å². The molecule has 0 aromatic carbocycles. The van der Waals surface area contributed by atoms with Crippen molar-refractivity contribution in [1.82, 2.24) is 10.2 Å². The third kappa shape index (κ3) is 2.80. The Morgan fingerprint density at radius 2 is 2.36 bits per heavy atom. The normalized spacial score (nSPS) is 29.0. The molecule has 1 unspecified atom stereocenters. The minimum atomic E-state index is 0.544. The predicted octanol–water partition coefficient (Wildman–Crippen LogP) is 0.625. The molecule has 1 atom stereocenters. The molecule has 1 aliphatic carbocycles. The molecule has 14 heavy (non-hydrogen) atoms. The van der Waals surface area contributed by atoms with Crippen LogP contribution in [0.1, 0.15) is 12.8 Å². The highest BCUT2D eigenvalue weighted by atomic mass is 16.5. The van der Waals surface area contributed by atoms with Gasteiger partial charge in [0.2, 0.25) is 0 Å². The van der Waals surface area contributed by atoms with Gasteiger partial charge >= 0.3 is 0 Å². The summed E-state index contributed by atoms with van der Waals surface area (Å²) in [5, 5.41) is 3.56. The Morgan fingerprint density at radius 1 is 1.50 bits per heavy atom. The van der Waals surface area contributed by atoms with E-state index in [9.17, 15) is 0 Å². The number of morpholine rings is 1. The van der Waals surface area contributed by atoms with E-state index >= 15 is 0 Å². The summed E-state index contributed by atoms with van der Waals surface area (Å²) in [7, 11) is 0. The lowest BCUT2D eigenvalue weighted by molar-refractivity contribution is -0.00110. The first-order chi connectivity index (χ1) is 6.90. The molecule has 0 radical (unpaired) electrons. The van der Waals surface area contributed by atoms with E-state index in [0.29, 0.717) is 6.04 Å². The second-order valence-electron chi connectivity index (χ2n) is 4.19. The molecular formula is C11H20N2O. The van der Waals surface area contributed by atoms with Crippen LogP contribution >= 0.6 is 0 Å². The van der Waals surface area contributed by atoms with Gasteiger partial charge in [0, 0.05) is 31.7 Å². The van der Waals surface area contributed by atoms with Gasteiger partial charge in [-0.2, -0.15) is 0 Å². The SMILES string of the molecule is C=CCN1CCOCC1CNC1CC1. The topological polar surface area (TPSA) is 24.5 Å². The predicted molar refractivity (Wildman–Crippen MR) is 57.4 cm³/mol. The lowest BCUT2D eigenvalue weighted by Gasteiger charge is -2.35. The van der Waals surface area contributed by atoms with Crippen LogP contribution < -0.4 is 5.32 Å². The van der Waals surface area contributed by atoms with E-state index in [2.05, 4.69) is 16.8 Å². The van der Waals surface area contributed by atoms with Crippen LogP contribution in [0.4, 0.5) is 0 Å². The Labute approximate surface area is 86.1 Å². The highest BCUT2D eigenvalue weighted by molar-refractivity contribution is 4.87. The summed E-state index contributed by atoms with van der Waals surface area (Å²) in [4.78, 5) is 2.45. The third-order valence-electron chi connectivity index (χ3n) is 2.93. The molecular weight excluding hydrogens is 176 g/mol. The number of hydrogen-bond acceptors (Lipinski definition) is 3. The molecule has 2 aliphatic rings. The molecule has 80 valence electrons. The van der Waals surface area contributed by atoms with Gasteiger partial charge in [-0.05, 0) is 12.8 Å². The molecule has 2 rings (SSSR count). The molecule has 0 amide bonds. The number of nitrogens with one attached hydrogen (secondary N) is 1. The van der Waals surface area contributed by atoms with Gasteiger partial charge in [-0.25, -0.2) is 0 Å². The average molecular weight is 196 g/mol. The van der Waals surface area contributed by atoms with Gasteiger partial charge in [-0.3, -0.25) is 4.90 Å². The Hall–Kier alpha value is -0.380. The summed E-state index contributed by atoms with van der Waals surface area (Å²) in [5.41, 5.74) is 0. The third-order valence-corrected chi connectivity index (χ3v) is 2.93. The van der Waals surface area contributed by atoms with Crippen molar-refractivity contribution in [2.24, 2.45) is 0 Å². The van der Waals surface area contributed by atoms with Gasteiger partial charge in [-0.15, -0.1) is 6.58 Å². The van der Waals surface area contributed by atoms with Crippen LogP contribution in [0.5, 0.6) is 0 Å². The second kappa shape index (κ2) is 4.91. The van der Waals surface area contributed by atoms with E-state index in [-0.39, 0.29) is 0 Å². The van der Waals surface area contributed by atoms with Crippen LogP contribution in [0.2, 0.25) is 0 Å². The molecule has 1 saturated heterocycles. The molecule has 1 N–H and O–H groups in total. The van der Waals surface area contributed by atoms with Crippen LogP contribution in [0.3, 0.4) is 0 Å². The number of hydrogen-bond donors (Lipinski definition) is 1. The van der Waals surface area contributed by atoms with Crippen molar-refractivity contribution in [2.75, 3.05) is 32.8 Å². The molecule has 0 spiro atoms. The van der Waals surface area contributed by atoms with Gasteiger partial charge in [-0.1, -0.05) is 6.08 Å². The molecule has 0 aromatic rings. The maximum Gasteiger partial charge on any atom is 0.0635 e. The largest absolute Gasteiger partial charge is 0.378 e. The summed E-state index contributed by atoms with van der Waals surface area (Å²) in [6.07, 6.45) is 4.69. The van der Waals surface area contributed by atoms with E-state index in [0.717, 1.165) is 38.9 Å². The fourth-order valence-corrected chi connectivity index (χ4v) is 1.87. The molecule has 1 aliphatic heterocycles. The minimum absolute atomic E-state index is 0.544. The Kier molecular flexibility index (Phi) is 3.56. The quantitative estimate of drug-likeness (QED) is 0.653. The van der Waals surface area contributed by atoms with E-state index < -0.39 is 0 Å². The fraction of sp³-hybridized carbons (Fsp3) is 0.818. The van der Waals surface area contributed by atoms with Gasteiger partial charge < -0.3 is 10.1 Å². The smallest absolute Gasteiger partial charge is 0.0635 e. The van der Waals surface area contributed by atoms with Crippen molar-refractivity contribution in [1.29, 1.82) is 0 Å². The van der Waals surface area contributed by atoms with E-state index in [1.165, 1.54) is 12.8 Å². The van der Waals surface area contributed by atoms with Crippen LogP contribution in [0, 0.1) is 0 Å². The van der Waals surface area contributed by atoms with Crippen molar-refractivity contribution in [3.05, 3.63) is 12.7 Å². The second-order valence-corrected chi connectivity index (χ2v) is 4.19. The zero-order chi connectivity index (χ0) is 9.80. The van der Waals surface area contributed by atoms with Gasteiger partial charge in [0.1, 0.15) is 0 Å². The Balaban J connectivity index is 1.75. The van der Waals surface area contributed by atoms with Crippen molar-refractivity contribution in [3.8, 4) is 0 Å². The van der Waals surface area contributed by atoms with Crippen molar-refractivity contribution in [3.63, 3.8) is 0 Å².